The van der Waals surface area contributed by atoms with E-state index in [1.54, 1.807) is 6.92 Å². The van der Waals surface area contributed by atoms with Crippen LogP contribution in [0.3, 0.4) is 0 Å². The van der Waals surface area contributed by atoms with Gasteiger partial charge in [-0.3, -0.25) is 0 Å². The molecule has 1 rings (SSSR count). The Bertz CT molecular complexity index is 420. The molecule has 0 aliphatic rings. The first-order valence-corrected chi connectivity index (χ1v) is 5.07. The fraction of sp³-hybridized carbons (Fsp3) is 0.273. The average molecular weight is 286 g/mol. The standard InChI is InChI=1S/C11H12BF4O.K/c1-8(2)5-6-17-11-7-9(13)3-4-10(11)12(14,15)16;/h3-4,7H,1,5-6H2,2H3;/q-1;+1. The van der Waals surface area contributed by atoms with Gasteiger partial charge < -0.3 is 17.7 Å². The molecule has 1 aromatic rings. The molecule has 1 aromatic carbocycles. The van der Waals surface area contributed by atoms with E-state index in [0.717, 1.165) is 17.7 Å². The quantitative estimate of drug-likeness (QED) is 0.428. The van der Waals surface area contributed by atoms with Gasteiger partial charge >= 0.3 is 58.4 Å². The molecule has 0 radical (unpaired) electrons. The molecule has 0 unspecified atom stereocenters. The SMILES string of the molecule is C=C(C)CCOc1cc(F)ccc1[B-](F)(F)F.[K+]. The van der Waals surface area contributed by atoms with Gasteiger partial charge in [-0.1, -0.05) is 17.1 Å². The predicted molar refractivity (Wildman–Crippen MR) is 60.0 cm³/mol. The average Bonchev–Trinajstić information content (AvgIpc) is 2.15. The van der Waals surface area contributed by atoms with Crippen LogP contribution >= 0.6 is 0 Å². The zero-order valence-corrected chi connectivity index (χ0v) is 13.5. The van der Waals surface area contributed by atoms with E-state index < -0.39 is 24.0 Å². The van der Waals surface area contributed by atoms with Crippen molar-refractivity contribution < 1.29 is 73.5 Å². The second-order valence-corrected chi connectivity index (χ2v) is 3.81. The molecule has 0 aliphatic heterocycles. The van der Waals surface area contributed by atoms with Crippen molar-refractivity contribution >= 4 is 12.4 Å². The van der Waals surface area contributed by atoms with E-state index >= 15 is 0 Å². The zero-order valence-electron chi connectivity index (χ0n) is 10.4. The number of hydrogen-bond donors (Lipinski definition) is 0. The summed E-state index contributed by atoms with van der Waals surface area (Å²) in [5.41, 5.74) is -0.117. The summed E-state index contributed by atoms with van der Waals surface area (Å²) in [6.45, 7) is 0.197. The van der Waals surface area contributed by atoms with Gasteiger partial charge in [0.05, 0.1) is 12.4 Å². The number of halogens is 4. The van der Waals surface area contributed by atoms with Crippen LogP contribution < -0.4 is 61.6 Å². The molecule has 0 spiro atoms. The minimum Gasteiger partial charge on any atom is -0.496 e. The van der Waals surface area contributed by atoms with Gasteiger partial charge in [0.2, 0.25) is 0 Å². The summed E-state index contributed by atoms with van der Waals surface area (Å²) in [7, 11) is 0. The number of hydrogen-bond acceptors (Lipinski definition) is 1. The Kier molecular flexibility index (Phi) is 7.77. The smallest absolute Gasteiger partial charge is 0.496 e. The minimum atomic E-state index is -5.20. The molecule has 0 heterocycles. The van der Waals surface area contributed by atoms with Gasteiger partial charge in [0.1, 0.15) is 5.82 Å². The van der Waals surface area contributed by atoms with Gasteiger partial charge in [-0.25, -0.2) is 4.39 Å². The minimum absolute atomic E-state index is 0. The van der Waals surface area contributed by atoms with Crippen LogP contribution in [0.5, 0.6) is 5.75 Å². The first-order chi connectivity index (χ1) is 7.80. The number of benzene rings is 1. The topological polar surface area (TPSA) is 9.23 Å². The fourth-order valence-electron chi connectivity index (χ4n) is 1.24. The number of ether oxygens (including phenoxy) is 1. The first kappa shape index (κ1) is 18.2. The first-order valence-electron chi connectivity index (χ1n) is 5.07. The Balaban J connectivity index is 0.00000289. The maximum Gasteiger partial charge on any atom is 1.00 e. The molecule has 0 bridgehead atoms. The molecule has 1 nitrogen and oxygen atoms in total. The van der Waals surface area contributed by atoms with Gasteiger partial charge in [-0.15, -0.1) is 6.58 Å². The molecule has 0 saturated heterocycles. The van der Waals surface area contributed by atoms with E-state index in [1.807, 2.05) is 0 Å². The van der Waals surface area contributed by atoms with Crippen LogP contribution in [0.15, 0.2) is 30.4 Å². The molecule has 0 fully saturated rings. The Morgan fingerprint density at radius 2 is 1.94 bits per heavy atom. The van der Waals surface area contributed by atoms with Crippen LogP contribution in [-0.4, -0.2) is 13.6 Å². The summed E-state index contributed by atoms with van der Waals surface area (Å²) in [4.78, 5) is 0. The summed E-state index contributed by atoms with van der Waals surface area (Å²) in [6.07, 6.45) is 0.431. The van der Waals surface area contributed by atoms with Crippen LogP contribution in [0.4, 0.5) is 17.3 Å². The van der Waals surface area contributed by atoms with Crippen molar-refractivity contribution in [1.82, 2.24) is 0 Å². The molecule has 7 heteroatoms. The maximum atomic E-state index is 12.9. The van der Waals surface area contributed by atoms with Gasteiger partial charge in [0, 0.05) is 12.5 Å². The molecular weight excluding hydrogens is 274 g/mol. The van der Waals surface area contributed by atoms with E-state index in [-0.39, 0.29) is 58.0 Å². The molecule has 0 aliphatic carbocycles. The van der Waals surface area contributed by atoms with E-state index in [4.69, 9.17) is 4.74 Å². The summed E-state index contributed by atoms with van der Waals surface area (Å²) in [5, 5.41) is 0. The molecule has 0 aromatic heterocycles. The second kappa shape index (κ2) is 7.69. The van der Waals surface area contributed by atoms with Gasteiger partial charge in [-0.2, -0.15) is 0 Å². The van der Waals surface area contributed by atoms with Crippen LogP contribution in [0.1, 0.15) is 13.3 Å². The van der Waals surface area contributed by atoms with Crippen molar-refractivity contribution in [3.8, 4) is 5.75 Å². The molecular formula is C11H12BF4KO. The van der Waals surface area contributed by atoms with Crippen molar-refractivity contribution in [3.05, 3.63) is 36.2 Å². The summed E-state index contributed by atoms with van der Waals surface area (Å²) in [5.74, 6) is -1.21. The zero-order chi connectivity index (χ0) is 13.1. The third kappa shape index (κ3) is 5.88. The van der Waals surface area contributed by atoms with Crippen LogP contribution in [0.2, 0.25) is 0 Å². The van der Waals surface area contributed by atoms with Crippen LogP contribution in [0, 0.1) is 5.82 Å². The Morgan fingerprint density at radius 3 is 2.44 bits per heavy atom. The monoisotopic (exact) mass is 286 g/mol. The van der Waals surface area contributed by atoms with Crippen molar-refractivity contribution in [2.45, 2.75) is 13.3 Å². The normalized spacial score (nSPS) is 10.7. The van der Waals surface area contributed by atoms with Crippen molar-refractivity contribution in [2.24, 2.45) is 0 Å². The van der Waals surface area contributed by atoms with Crippen LogP contribution in [-0.2, 0) is 0 Å². The van der Waals surface area contributed by atoms with Gasteiger partial charge in [-0.05, 0) is 13.0 Å². The maximum absolute atomic E-state index is 12.9. The Labute approximate surface area is 146 Å². The number of rotatable bonds is 5. The fourth-order valence-corrected chi connectivity index (χ4v) is 1.24. The van der Waals surface area contributed by atoms with E-state index in [9.17, 15) is 17.3 Å². The third-order valence-corrected chi connectivity index (χ3v) is 2.11. The Hall–Kier alpha value is 0.181. The molecule has 0 saturated carbocycles. The summed E-state index contributed by atoms with van der Waals surface area (Å²) >= 11 is 0. The van der Waals surface area contributed by atoms with E-state index in [0.29, 0.717) is 12.5 Å². The van der Waals surface area contributed by atoms with E-state index in [1.165, 1.54) is 0 Å². The van der Waals surface area contributed by atoms with Gasteiger partial charge in [0.15, 0.2) is 0 Å². The third-order valence-electron chi connectivity index (χ3n) is 2.11. The Morgan fingerprint density at radius 1 is 1.33 bits per heavy atom. The molecule has 18 heavy (non-hydrogen) atoms. The molecule has 0 atom stereocenters. The van der Waals surface area contributed by atoms with Gasteiger partial charge in [0.25, 0.3) is 0 Å². The van der Waals surface area contributed by atoms with Crippen molar-refractivity contribution in [3.63, 3.8) is 0 Å². The second-order valence-electron chi connectivity index (χ2n) is 3.81. The van der Waals surface area contributed by atoms with Crippen molar-refractivity contribution in [2.75, 3.05) is 6.61 Å². The van der Waals surface area contributed by atoms with Crippen molar-refractivity contribution in [1.29, 1.82) is 0 Å². The molecule has 94 valence electrons. The van der Waals surface area contributed by atoms with E-state index in [2.05, 4.69) is 6.58 Å². The van der Waals surface area contributed by atoms with Crippen LogP contribution in [0.25, 0.3) is 0 Å². The predicted octanol–water partition coefficient (Wildman–Crippen LogP) is 0.229. The molecule has 0 amide bonds. The summed E-state index contributed by atoms with van der Waals surface area (Å²) in [6, 6.07) is 2.23. The largest absolute Gasteiger partial charge is 1.00 e. The summed E-state index contributed by atoms with van der Waals surface area (Å²) < 4.78 is 55.6. The molecule has 0 N–H and O–H groups in total.